The van der Waals surface area contributed by atoms with Crippen LogP contribution < -0.4 is 10.1 Å². The topological polar surface area (TPSA) is 79.0 Å². The Morgan fingerprint density at radius 2 is 1.67 bits per heavy atom. The molecular formula is C19H23N3O4S. The first kappa shape index (κ1) is 19.3. The van der Waals surface area contributed by atoms with Gasteiger partial charge in [0.2, 0.25) is 15.9 Å². The molecule has 0 aromatic heterocycles. The Bertz CT molecular complexity index is 879. The van der Waals surface area contributed by atoms with Gasteiger partial charge in [0.15, 0.2) is 0 Å². The van der Waals surface area contributed by atoms with Crippen LogP contribution in [0.4, 0.5) is 5.69 Å². The number of rotatable bonds is 6. The van der Waals surface area contributed by atoms with Gasteiger partial charge >= 0.3 is 0 Å². The summed E-state index contributed by atoms with van der Waals surface area (Å²) < 4.78 is 30.3. The summed E-state index contributed by atoms with van der Waals surface area (Å²) in [7, 11) is -3.16. The molecule has 1 saturated heterocycles. The minimum Gasteiger partial charge on any atom is -0.457 e. The van der Waals surface area contributed by atoms with Gasteiger partial charge in [-0.05, 0) is 24.3 Å². The van der Waals surface area contributed by atoms with Crippen molar-refractivity contribution in [3.05, 3.63) is 54.6 Å². The maximum atomic E-state index is 12.3. The fourth-order valence-corrected chi connectivity index (χ4v) is 3.71. The SMILES string of the molecule is CS(=O)(=O)N1CCN(CC(=O)Nc2cccc(Oc3ccccc3)c2)CC1. The fraction of sp³-hybridized carbons (Fsp3) is 0.316. The molecule has 1 heterocycles. The number of ether oxygens (including phenoxy) is 1. The average molecular weight is 389 g/mol. The molecule has 27 heavy (non-hydrogen) atoms. The van der Waals surface area contributed by atoms with Gasteiger partial charge in [-0.25, -0.2) is 8.42 Å². The molecule has 8 heteroatoms. The van der Waals surface area contributed by atoms with Gasteiger partial charge in [-0.15, -0.1) is 0 Å². The first-order valence-corrected chi connectivity index (χ1v) is 10.6. The summed E-state index contributed by atoms with van der Waals surface area (Å²) in [6, 6.07) is 16.6. The van der Waals surface area contributed by atoms with Crippen molar-refractivity contribution < 1.29 is 17.9 Å². The van der Waals surface area contributed by atoms with Crippen LogP contribution in [0, 0.1) is 0 Å². The van der Waals surface area contributed by atoms with Crippen molar-refractivity contribution in [2.24, 2.45) is 0 Å². The number of carbonyl (C=O) groups excluding carboxylic acids is 1. The monoisotopic (exact) mass is 389 g/mol. The lowest BCUT2D eigenvalue weighted by Crippen LogP contribution is -2.50. The number of sulfonamides is 1. The summed E-state index contributed by atoms with van der Waals surface area (Å²) >= 11 is 0. The zero-order valence-electron chi connectivity index (χ0n) is 15.2. The van der Waals surface area contributed by atoms with Gasteiger partial charge in [0.05, 0.1) is 12.8 Å². The van der Waals surface area contributed by atoms with Crippen LogP contribution in [0.5, 0.6) is 11.5 Å². The predicted molar refractivity (Wildman–Crippen MR) is 104 cm³/mol. The van der Waals surface area contributed by atoms with Gasteiger partial charge in [0.1, 0.15) is 11.5 Å². The Morgan fingerprint density at radius 3 is 2.33 bits per heavy atom. The van der Waals surface area contributed by atoms with E-state index in [9.17, 15) is 13.2 Å². The molecule has 1 amide bonds. The molecule has 0 saturated carbocycles. The number of para-hydroxylation sites is 1. The zero-order chi connectivity index (χ0) is 19.3. The highest BCUT2D eigenvalue weighted by Crippen LogP contribution is 2.23. The molecule has 2 aromatic carbocycles. The van der Waals surface area contributed by atoms with E-state index in [1.54, 1.807) is 12.1 Å². The number of carbonyl (C=O) groups is 1. The van der Waals surface area contributed by atoms with E-state index in [-0.39, 0.29) is 12.5 Å². The largest absolute Gasteiger partial charge is 0.457 e. The van der Waals surface area contributed by atoms with Crippen molar-refractivity contribution in [3.8, 4) is 11.5 Å². The molecule has 1 aliphatic heterocycles. The highest BCUT2D eigenvalue weighted by molar-refractivity contribution is 7.88. The Labute approximate surface area is 159 Å². The standard InChI is InChI=1S/C19H23N3O4S/c1-27(24,25)22-12-10-21(11-13-22)15-19(23)20-16-6-5-9-18(14-16)26-17-7-3-2-4-8-17/h2-9,14H,10-13,15H2,1H3,(H,20,23). The third kappa shape index (κ3) is 5.78. The second-order valence-corrected chi connectivity index (χ2v) is 8.41. The molecule has 1 aliphatic rings. The van der Waals surface area contributed by atoms with Gasteiger partial charge in [-0.3, -0.25) is 9.69 Å². The number of anilines is 1. The van der Waals surface area contributed by atoms with Gasteiger partial charge in [-0.1, -0.05) is 24.3 Å². The third-order valence-electron chi connectivity index (χ3n) is 4.26. The molecule has 3 rings (SSSR count). The number of piperazine rings is 1. The fourth-order valence-electron chi connectivity index (χ4n) is 2.88. The van der Waals surface area contributed by atoms with Crippen molar-refractivity contribution >= 4 is 21.6 Å². The summed E-state index contributed by atoms with van der Waals surface area (Å²) in [6.45, 7) is 2.12. The van der Waals surface area contributed by atoms with E-state index in [1.807, 2.05) is 47.4 Å². The molecule has 0 bridgehead atoms. The maximum absolute atomic E-state index is 12.3. The zero-order valence-corrected chi connectivity index (χ0v) is 16.0. The summed E-state index contributed by atoms with van der Waals surface area (Å²) in [5.74, 6) is 1.23. The molecule has 0 spiro atoms. The second kappa shape index (κ2) is 8.51. The molecule has 7 nitrogen and oxygen atoms in total. The average Bonchev–Trinajstić information content (AvgIpc) is 2.62. The summed E-state index contributed by atoms with van der Waals surface area (Å²) in [5, 5.41) is 2.86. The minimum absolute atomic E-state index is 0.139. The molecule has 1 N–H and O–H groups in total. The van der Waals surface area contributed by atoms with Crippen LogP contribution in [-0.4, -0.2) is 62.5 Å². The number of nitrogens with zero attached hydrogens (tertiary/aromatic N) is 2. The third-order valence-corrected chi connectivity index (χ3v) is 5.57. The summed E-state index contributed by atoms with van der Waals surface area (Å²) in [5.41, 5.74) is 0.656. The number of benzene rings is 2. The van der Waals surface area contributed by atoms with Crippen molar-refractivity contribution in [3.63, 3.8) is 0 Å². The molecular weight excluding hydrogens is 366 g/mol. The number of amides is 1. The van der Waals surface area contributed by atoms with Crippen molar-refractivity contribution in [2.75, 3.05) is 44.3 Å². The van der Waals surface area contributed by atoms with Crippen LogP contribution in [0.15, 0.2) is 54.6 Å². The molecule has 0 radical (unpaired) electrons. The van der Waals surface area contributed by atoms with Gasteiger partial charge in [-0.2, -0.15) is 4.31 Å². The lowest BCUT2D eigenvalue weighted by molar-refractivity contribution is -0.117. The highest BCUT2D eigenvalue weighted by Gasteiger charge is 2.24. The van der Waals surface area contributed by atoms with E-state index in [2.05, 4.69) is 5.32 Å². The van der Waals surface area contributed by atoms with E-state index in [4.69, 9.17) is 4.74 Å². The lowest BCUT2D eigenvalue weighted by Gasteiger charge is -2.32. The molecule has 0 unspecified atom stereocenters. The number of hydrogen-bond donors (Lipinski definition) is 1. The predicted octanol–water partition coefficient (Wildman–Crippen LogP) is 1.99. The van der Waals surface area contributed by atoms with Crippen LogP contribution >= 0.6 is 0 Å². The number of nitrogens with one attached hydrogen (secondary N) is 1. The minimum atomic E-state index is -3.16. The van der Waals surface area contributed by atoms with Gasteiger partial charge in [0.25, 0.3) is 0 Å². The quantitative estimate of drug-likeness (QED) is 0.817. The van der Waals surface area contributed by atoms with Crippen LogP contribution in [0.2, 0.25) is 0 Å². The molecule has 2 aromatic rings. The number of hydrogen-bond acceptors (Lipinski definition) is 5. The first-order chi connectivity index (χ1) is 12.9. The molecule has 0 aliphatic carbocycles. The summed E-state index contributed by atoms with van der Waals surface area (Å²) in [4.78, 5) is 14.2. The van der Waals surface area contributed by atoms with Crippen LogP contribution in [-0.2, 0) is 14.8 Å². The van der Waals surface area contributed by atoms with Crippen molar-refractivity contribution in [2.45, 2.75) is 0 Å². The highest BCUT2D eigenvalue weighted by atomic mass is 32.2. The van der Waals surface area contributed by atoms with E-state index >= 15 is 0 Å². The van der Waals surface area contributed by atoms with Crippen molar-refractivity contribution in [1.29, 1.82) is 0 Å². The molecule has 1 fully saturated rings. The first-order valence-electron chi connectivity index (χ1n) is 8.70. The second-order valence-electron chi connectivity index (χ2n) is 6.43. The Kier molecular flexibility index (Phi) is 6.10. The maximum Gasteiger partial charge on any atom is 0.238 e. The Hall–Kier alpha value is -2.42. The van der Waals surface area contributed by atoms with Gasteiger partial charge < -0.3 is 10.1 Å². The van der Waals surface area contributed by atoms with Crippen LogP contribution in [0.25, 0.3) is 0 Å². The summed E-state index contributed by atoms with van der Waals surface area (Å²) in [6.07, 6.45) is 1.21. The Balaban J connectivity index is 1.52. The lowest BCUT2D eigenvalue weighted by atomic mass is 10.3. The van der Waals surface area contributed by atoms with E-state index in [0.717, 1.165) is 5.75 Å². The van der Waals surface area contributed by atoms with Crippen LogP contribution in [0.3, 0.4) is 0 Å². The normalized spacial score (nSPS) is 16.0. The van der Waals surface area contributed by atoms with Gasteiger partial charge in [0, 0.05) is 37.9 Å². The van der Waals surface area contributed by atoms with E-state index in [0.29, 0.717) is 37.6 Å². The van der Waals surface area contributed by atoms with Crippen LogP contribution in [0.1, 0.15) is 0 Å². The van der Waals surface area contributed by atoms with Crippen molar-refractivity contribution in [1.82, 2.24) is 9.21 Å². The van der Waals surface area contributed by atoms with E-state index < -0.39 is 10.0 Å². The Morgan fingerprint density at radius 1 is 1.00 bits per heavy atom. The van der Waals surface area contributed by atoms with E-state index in [1.165, 1.54) is 10.6 Å². The molecule has 144 valence electrons. The molecule has 0 atom stereocenters. The smallest absolute Gasteiger partial charge is 0.238 e.